The second kappa shape index (κ2) is 11.1. The summed E-state index contributed by atoms with van der Waals surface area (Å²) in [5, 5.41) is 12.7. The van der Waals surface area contributed by atoms with Crippen LogP contribution in [0, 0.1) is 0 Å². The summed E-state index contributed by atoms with van der Waals surface area (Å²) < 4.78 is 5.59. The number of nitrogens with zero attached hydrogens (tertiary/aromatic N) is 2. The SMILES string of the molecule is CC(C)(C)N=NC1(NC(=S)NNC(=O)CCCOc2ccccc2)CCCCC1. The third kappa shape index (κ3) is 9.21. The van der Waals surface area contributed by atoms with Crippen molar-refractivity contribution in [3.05, 3.63) is 30.3 Å². The average molecular weight is 420 g/mol. The minimum absolute atomic E-state index is 0.139. The second-order valence-electron chi connectivity index (χ2n) is 8.36. The average Bonchev–Trinajstić information content (AvgIpc) is 2.69. The molecule has 0 spiro atoms. The fraction of sp³-hybridized carbons (Fsp3) is 0.619. The Labute approximate surface area is 179 Å². The summed E-state index contributed by atoms with van der Waals surface area (Å²) >= 11 is 5.37. The highest BCUT2D eigenvalue weighted by Gasteiger charge is 2.33. The summed E-state index contributed by atoms with van der Waals surface area (Å²) in [6.07, 6.45) is 6.05. The quantitative estimate of drug-likeness (QED) is 0.266. The van der Waals surface area contributed by atoms with E-state index >= 15 is 0 Å². The van der Waals surface area contributed by atoms with Gasteiger partial charge in [-0.3, -0.25) is 15.6 Å². The van der Waals surface area contributed by atoms with Gasteiger partial charge in [0.25, 0.3) is 0 Å². The van der Waals surface area contributed by atoms with Gasteiger partial charge in [-0.1, -0.05) is 24.6 Å². The van der Waals surface area contributed by atoms with E-state index in [4.69, 9.17) is 17.0 Å². The zero-order valence-corrected chi connectivity index (χ0v) is 18.5. The minimum atomic E-state index is -0.496. The Kier molecular flexibility index (Phi) is 8.82. The Bertz CT molecular complexity index is 682. The maximum Gasteiger partial charge on any atom is 0.238 e. The Morgan fingerprint density at radius 1 is 1.14 bits per heavy atom. The molecule has 1 aromatic carbocycles. The number of hydrogen-bond acceptors (Lipinski definition) is 5. The molecule has 3 N–H and O–H groups in total. The number of carbonyl (C=O) groups is 1. The molecule has 1 fully saturated rings. The number of thiocarbonyl (C=S) groups is 1. The van der Waals surface area contributed by atoms with Crippen molar-refractivity contribution in [1.82, 2.24) is 16.2 Å². The van der Waals surface area contributed by atoms with E-state index in [0.717, 1.165) is 31.4 Å². The van der Waals surface area contributed by atoms with Crippen molar-refractivity contribution in [1.29, 1.82) is 0 Å². The molecule has 1 amide bonds. The Balaban J connectivity index is 1.72. The van der Waals surface area contributed by atoms with E-state index in [1.54, 1.807) is 0 Å². The van der Waals surface area contributed by atoms with Gasteiger partial charge in [0.2, 0.25) is 5.91 Å². The molecule has 0 radical (unpaired) electrons. The highest BCUT2D eigenvalue weighted by atomic mass is 32.1. The highest BCUT2D eigenvalue weighted by molar-refractivity contribution is 7.80. The monoisotopic (exact) mass is 419 g/mol. The maximum atomic E-state index is 12.0. The Hall–Kier alpha value is -2.22. The van der Waals surface area contributed by atoms with Crippen LogP contribution in [0.1, 0.15) is 65.7 Å². The lowest BCUT2D eigenvalue weighted by molar-refractivity contribution is -0.121. The molecule has 1 saturated carbocycles. The number of hydrazine groups is 1. The Morgan fingerprint density at radius 3 is 2.48 bits per heavy atom. The zero-order valence-electron chi connectivity index (χ0n) is 17.7. The summed E-state index contributed by atoms with van der Waals surface area (Å²) in [6, 6.07) is 9.55. The lowest BCUT2D eigenvalue weighted by Crippen LogP contribution is -2.55. The molecule has 1 aliphatic carbocycles. The number of para-hydroxylation sites is 1. The molecule has 160 valence electrons. The summed E-state index contributed by atoms with van der Waals surface area (Å²) in [5.74, 6) is 0.665. The lowest BCUT2D eigenvalue weighted by Gasteiger charge is -2.35. The molecule has 0 atom stereocenters. The fourth-order valence-corrected chi connectivity index (χ4v) is 3.24. The first-order valence-electron chi connectivity index (χ1n) is 10.3. The van der Waals surface area contributed by atoms with Gasteiger partial charge in [-0.15, -0.1) is 0 Å². The predicted octanol–water partition coefficient (Wildman–Crippen LogP) is 4.25. The molecule has 0 aromatic heterocycles. The van der Waals surface area contributed by atoms with Crippen LogP contribution in [-0.4, -0.2) is 28.8 Å². The van der Waals surface area contributed by atoms with Crippen molar-refractivity contribution in [2.24, 2.45) is 10.2 Å². The van der Waals surface area contributed by atoms with Crippen molar-refractivity contribution < 1.29 is 9.53 Å². The van der Waals surface area contributed by atoms with Gasteiger partial charge in [0.15, 0.2) is 10.8 Å². The van der Waals surface area contributed by atoms with Crippen molar-refractivity contribution in [3.63, 3.8) is 0 Å². The van der Waals surface area contributed by atoms with Crippen molar-refractivity contribution >= 4 is 23.2 Å². The van der Waals surface area contributed by atoms with Crippen LogP contribution < -0.4 is 20.9 Å². The van der Waals surface area contributed by atoms with Crippen LogP contribution >= 0.6 is 12.2 Å². The number of azo groups is 1. The van der Waals surface area contributed by atoms with E-state index in [1.165, 1.54) is 6.42 Å². The molecular formula is C21H33N5O2S. The molecule has 29 heavy (non-hydrogen) atoms. The molecule has 2 rings (SSSR count). The Morgan fingerprint density at radius 2 is 1.83 bits per heavy atom. The van der Waals surface area contributed by atoms with Gasteiger partial charge in [-0.05, 0) is 77.2 Å². The summed E-state index contributed by atoms with van der Waals surface area (Å²) in [7, 11) is 0. The molecule has 1 aliphatic rings. The van der Waals surface area contributed by atoms with E-state index in [2.05, 4.69) is 26.4 Å². The number of hydrogen-bond donors (Lipinski definition) is 3. The van der Waals surface area contributed by atoms with Gasteiger partial charge in [-0.25, -0.2) is 0 Å². The smallest absolute Gasteiger partial charge is 0.238 e. The van der Waals surface area contributed by atoms with Crippen molar-refractivity contribution in [3.8, 4) is 5.75 Å². The number of rotatable bonds is 7. The molecule has 0 heterocycles. The third-order valence-corrected chi connectivity index (χ3v) is 4.65. The predicted molar refractivity (Wildman–Crippen MR) is 119 cm³/mol. The molecule has 0 aliphatic heterocycles. The number of carbonyl (C=O) groups excluding carboxylic acids is 1. The van der Waals surface area contributed by atoms with Crippen LogP contribution in [0.5, 0.6) is 5.75 Å². The van der Waals surface area contributed by atoms with Gasteiger partial charge < -0.3 is 10.1 Å². The van der Waals surface area contributed by atoms with Crippen LogP contribution in [-0.2, 0) is 4.79 Å². The third-order valence-electron chi connectivity index (χ3n) is 4.44. The number of ether oxygens (including phenoxy) is 1. The fourth-order valence-electron chi connectivity index (χ4n) is 3.00. The molecular weight excluding hydrogens is 386 g/mol. The van der Waals surface area contributed by atoms with E-state index in [0.29, 0.717) is 24.6 Å². The topological polar surface area (TPSA) is 87.1 Å². The van der Waals surface area contributed by atoms with Crippen LogP contribution in [0.2, 0.25) is 0 Å². The van der Waals surface area contributed by atoms with E-state index in [9.17, 15) is 4.79 Å². The molecule has 7 nitrogen and oxygen atoms in total. The number of benzene rings is 1. The van der Waals surface area contributed by atoms with Gasteiger partial charge in [-0.2, -0.15) is 10.2 Å². The molecule has 0 bridgehead atoms. The van der Waals surface area contributed by atoms with Crippen LogP contribution in [0.3, 0.4) is 0 Å². The summed E-state index contributed by atoms with van der Waals surface area (Å²) in [4.78, 5) is 12.0. The molecule has 0 unspecified atom stereocenters. The highest BCUT2D eigenvalue weighted by Crippen LogP contribution is 2.30. The zero-order chi connectivity index (χ0) is 21.2. The lowest BCUT2D eigenvalue weighted by atomic mass is 9.90. The molecule has 1 aromatic rings. The van der Waals surface area contributed by atoms with Crippen molar-refractivity contribution in [2.45, 2.75) is 76.9 Å². The number of amides is 1. The van der Waals surface area contributed by atoms with E-state index in [-0.39, 0.29) is 11.4 Å². The standard InChI is InChI=1S/C21H33N5O2S/c1-20(2,3)25-26-21(14-8-5-9-15-21)22-19(29)24-23-18(27)13-10-16-28-17-11-6-4-7-12-17/h4,6-7,11-12H,5,8-10,13-16H2,1-3H3,(H,23,27)(H2,22,24,29). The molecule has 8 heteroatoms. The van der Waals surface area contributed by atoms with Crippen LogP contribution in [0.15, 0.2) is 40.6 Å². The summed E-state index contributed by atoms with van der Waals surface area (Å²) in [5.41, 5.74) is 4.69. The summed E-state index contributed by atoms with van der Waals surface area (Å²) in [6.45, 7) is 6.54. The first kappa shape index (κ1) is 23.1. The van der Waals surface area contributed by atoms with Crippen molar-refractivity contribution in [2.75, 3.05) is 6.61 Å². The largest absolute Gasteiger partial charge is 0.494 e. The van der Waals surface area contributed by atoms with E-state index in [1.807, 2.05) is 51.1 Å². The van der Waals surface area contributed by atoms with Gasteiger partial charge >= 0.3 is 0 Å². The van der Waals surface area contributed by atoms with Crippen LogP contribution in [0.25, 0.3) is 0 Å². The van der Waals surface area contributed by atoms with Gasteiger partial charge in [0, 0.05) is 6.42 Å². The first-order chi connectivity index (χ1) is 13.8. The maximum absolute atomic E-state index is 12.0. The van der Waals surface area contributed by atoms with Gasteiger partial charge in [0.1, 0.15) is 5.75 Å². The van der Waals surface area contributed by atoms with E-state index < -0.39 is 5.66 Å². The number of nitrogens with one attached hydrogen (secondary N) is 3. The normalized spacial score (nSPS) is 16.2. The van der Waals surface area contributed by atoms with Gasteiger partial charge in [0.05, 0.1) is 12.1 Å². The van der Waals surface area contributed by atoms with Crippen LogP contribution in [0.4, 0.5) is 0 Å². The second-order valence-corrected chi connectivity index (χ2v) is 8.76. The first-order valence-corrected chi connectivity index (χ1v) is 10.7. The minimum Gasteiger partial charge on any atom is -0.494 e. The molecule has 0 saturated heterocycles.